The number of benzene rings is 1. The van der Waals surface area contributed by atoms with E-state index in [2.05, 4.69) is 5.32 Å². The average Bonchev–Trinajstić information content (AvgIpc) is 2.94. The topological polar surface area (TPSA) is 73.6 Å². The molecule has 0 bridgehead atoms. The highest BCUT2D eigenvalue weighted by Crippen LogP contribution is 2.29. The molecule has 0 aliphatic rings. The molecule has 1 aromatic carbocycles. The number of hydrogen-bond donors (Lipinski definition) is 2. The summed E-state index contributed by atoms with van der Waals surface area (Å²) in [5, 5.41) is 5.02. The smallest absolute Gasteiger partial charge is 0.249 e. The van der Waals surface area contributed by atoms with Gasteiger partial charge in [-0.15, -0.1) is 11.3 Å². The van der Waals surface area contributed by atoms with Gasteiger partial charge in [0, 0.05) is 22.9 Å². The highest BCUT2D eigenvalue weighted by molar-refractivity contribution is 7.10. The lowest BCUT2D eigenvalue weighted by atomic mass is 10.2. The van der Waals surface area contributed by atoms with E-state index in [-0.39, 0.29) is 0 Å². The van der Waals surface area contributed by atoms with Crippen molar-refractivity contribution in [1.29, 1.82) is 0 Å². The predicted octanol–water partition coefficient (Wildman–Crippen LogP) is 2.48. The maximum absolute atomic E-state index is 11.0. The van der Waals surface area contributed by atoms with Gasteiger partial charge in [-0.2, -0.15) is 0 Å². The van der Waals surface area contributed by atoms with Crippen LogP contribution in [0.3, 0.4) is 0 Å². The Hall–Kier alpha value is -2.21. The molecule has 0 aliphatic carbocycles. The number of thiophene rings is 1. The molecule has 1 amide bonds. The minimum atomic E-state index is -0.408. The number of anilines is 1. The molecule has 3 N–H and O–H groups in total. The van der Waals surface area contributed by atoms with E-state index in [1.165, 1.54) is 11.3 Å². The molecule has 0 unspecified atom stereocenters. The number of carbonyl (C=O) groups excluding carboxylic acids is 1. The molecular weight excluding hydrogens is 276 g/mol. The molecule has 2 rings (SSSR count). The van der Waals surface area contributed by atoms with Gasteiger partial charge in [0.2, 0.25) is 5.91 Å². The molecule has 20 heavy (non-hydrogen) atoms. The molecule has 0 radical (unpaired) electrons. The van der Waals surface area contributed by atoms with Crippen LogP contribution >= 0.6 is 11.3 Å². The number of nitrogens with one attached hydrogen (secondary N) is 1. The molecule has 106 valence electrons. The highest BCUT2D eigenvalue weighted by Gasteiger charge is 2.07. The average molecular weight is 292 g/mol. The number of amides is 1. The van der Waals surface area contributed by atoms with Gasteiger partial charge in [-0.3, -0.25) is 4.79 Å². The van der Waals surface area contributed by atoms with Crippen LogP contribution in [0.25, 0.3) is 0 Å². The van der Waals surface area contributed by atoms with E-state index >= 15 is 0 Å². The molecule has 0 spiro atoms. The van der Waals surface area contributed by atoms with E-state index in [0.717, 1.165) is 16.3 Å². The van der Waals surface area contributed by atoms with Crippen molar-refractivity contribution < 1.29 is 14.3 Å². The van der Waals surface area contributed by atoms with E-state index in [1.54, 1.807) is 25.7 Å². The monoisotopic (exact) mass is 292 g/mol. The fraction of sp³-hybridized carbons (Fsp3) is 0.214. The standard InChI is InChI=1S/C14H16N2O3S/c1-18-10-3-4-12(13(6-10)19-2)16-7-11-5-9(8-20-11)14(15)17/h3-6,8,16H,7H2,1-2H3,(H2,15,17). The predicted molar refractivity (Wildman–Crippen MR) is 79.7 cm³/mol. The zero-order chi connectivity index (χ0) is 14.5. The number of ether oxygens (including phenoxy) is 2. The van der Waals surface area contributed by atoms with E-state index in [1.807, 2.05) is 18.2 Å². The summed E-state index contributed by atoms with van der Waals surface area (Å²) in [5.41, 5.74) is 6.62. The van der Waals surface area contributed by atoms with Crippen molar-refractivity contribution in [3.8, 4) is 11.5 Å². The summed E-state index contributed by atoms with van der Waals surface area (Å²) in [7, 11) is 3.22. The van der Waals surface area contributed by atoms with Crippen LogP contribution in [0.5, 0.6) is 11.5 Å². The second kappa shape index (κ2) is 6.29. The SMILES string of the molecule is COc1ccc(NCc2cc(C(N)=O)cs2)c(OC)c1. The molecule has 0 saturated carbocycles. The normalized spacial score (nSPS) is 10.1. The lowest BCUT2D eigenvalue weighted by molar-refractivity contribution is 0.100. The Morgan fingerprint density at radius 1 is 1.30 bits per heavy atom. The summed E-state index contributed by atoms with van der Waals surface area (Å²) >= 11 is 1.49. The van der Waals surface area contributed by atoms with Gasteiger partial charge >= 0.3 is 0 Å². The molecule has 0 saturated heterocycles. The number of methoxy groups -OCH3 is 2. The number of nitrogens with two attached hydrogens (primary N) is 1. The summed E-state index contributed by atoms with van der Waals surface area (Å²) in [5.74, 6) is 1.03. The molecule has 5 nitrogen and oxygen atoms in total. The lowest BCUT2D eigenvalue weighted by Crippen LogP contribution is -2.09. The minimum absolute atomic E-state index is 0.408. The Kier molecular flexibility index (Phi) is 4.47. The Morgan fingerprint density at radius 3 is 2.70 bits per heavy atom. The number of hydrogen-bond acceptors (Lipinski definition) is 5. The molecule has 0 aliphatic heterocycles. The van der Waals surface area contributed by atoms with Gasteiger partial charge in [0.05, 0.1) is 25.5 Å². The first kappa shape index (κ1) is 14.2. The number of carbonyl (C=O) groups is 1. The summed E-state index contributed by atoms with van der Waals surface area (Å²) in [6.07, 6.45) is 0. The first-order chi connectivity index (χ1) is 9.63. The Bertz CT molecular complexity index is 610. The van der Waals surface area contributed by atoms with Crippen LogP contribution in [-0.4, -0.2) is 20.1 Å². The van der Waals surface area contributed by atoms with Crippen LogP contribution in [0.1, 0.15) is 15.2 Å². The van der Waals surface area contributed by atoms with Gasteiger partial charge in [0.1, 0.15) is 11.5 Å². The molecule has 1 heterocycles. The van der Waals surface area contributed by atoms with Gasteiger partial charge in [-0.25, -0.2) is 0 Å². The fourth-order valence-corrected chi connectivity index (χ4v) is 2.54. The fourth-order valence-electron chi connectivity index (χ4n) is 1.73. The third-order valence-electron chi connectivity index (χ3n) is 2.80. The largest absolute Gasteiger partial charge is 0.497 e. The number of primary amides is 1. The van der Waals surface area contributed by atoms with Crippen molar-refractivity contribution in [2.45, 2.75) is 6.54 Å². The van der Waals surface area contributed by atoms with Crippen molar-refractivity contribution >= 4 is 22.9 Å². The van der Waals surface area contributed by atoms with Gasteiger partial charge in [-0.05, 0) is 18.2 Å². The Labute approximate surface area is 121 Å². The third-order valence-corrected chi connectivity index (χ3v) is 3.74. The molecule has 6 heteroatoms. The second-order valence-corrected chi connectivity index (χ2v) is 5.08. The second-order valence-electron chi connectivity index (χ2n) is 4.09. The van der Waals surface area contributed by atoms with Gasteiger partial charge in [0.25, 0.3) is 0 Å². The molecule has 0 fully saturated rings. The molecular formula is C14H16N2O3S. The Balaban J connectivity index is 2.07. The summed E-state index contributed by atoms with van der Waals surface area (Å²) in [4.78, 5) is 12.1. The third kappa shape index (κ3) is 3.21. The number of rotatable bonds is 6. The maximum Gasteiger partial charge on any atom is 0.249 e. The quantitative estimate of drug-likeness (QED) is 0.858. The highest BCUT2D eigenvalue weighted by atomic mass is 32.1. The first-order valence-electron chi connectivity index (χ1n) is 5.97. The molecule has 2 aromatic rings. The molecule has 1 aromatic heterocycles. The zero-order valence-electron chi connectivity index (χ0n) is 11.3. The minimum Gasteiger partial charge on any atom is -0.497 e. The van der Waals surface area contributed by atoms with Crippen LogP contribution < -0.4 is 20.5 Å². The van der Waals surface area contributed by atoms with E-state index < -0.39 is 5.91 Å². The van der Waals surface area contributed by atoms with Crippen LogP contribution in [0.2, 0.25) is 0 Å². The van der Waals surface area contributed by atoms with Gasteiger partial charge < -0.3 is 20.5 Å². The van der Waals surface area contributed by atoms with Crippen molar-refractivity contribution in [1.82, 2.24) is 0 Å². The summed E-state index contributed by atoms with van der Waals surface area (Å²) in [6, 6.07) is 7.34. The van der Waals surface area contributed by atoms with Crippen molar-refractivity contribution in [2.24, 2.45) is 5.73 Å². The van der Waals surface area contributed by atoms with Gasteiger partial charge in [0.15, 0.2) is 0 Å². The van der Waals surface area contributed by atoms with Crippen LogP contribution in [0.15, 0.2) is 29.6 Å². The first-order valence-corrected chi connectivity index (χ1v) is 6.85. The van der Waals surface area contributed by atoms with Crippen LogP contribution in [-0.2, 0) is 6.54 Å². The van der Waals surface area contributed by atoms with Crippen molar-refractivity contribution in [3.63, 3.8) is 0 Å². The van der Waals surface area contributed by atoms with Crippen molar-refractivity contribution in [3.05, 3.63) is 40.1 Å². The maximum atomic E-state index is 11.0. The van der Waals surface area contributed by atoms with E-state index in [9.17, 15) is 4.79 Å². The molecule has 0 atom stereocenters. The van der Waals surface area contributed by atoms with Crippen LogP contribution in [0.4, 0.5) is 5.69 Å². The summed E-state index contributed by atoms with van der Waals surface area (Å²) < 4.78 is 10.5. The van der Waals surface area contributed by atoms with Crippen molar-refractivity contribution in [2.75, 3.05) is 19.5 Å². The van der Waals surface area contributed by atoms with E-state index in [0.29, 0.717) is 17.9 Å². The van der Waals surface area contributed by atoms with E-state index in [4.69, 9.17) is 15.2 Å². The zero-order valence-corrected chi connectivity index (χ0v) is 12.1. The lowest BCUT2D eigenvalue weighted by Gasteiger charge is -2.11. The summed E-state index contributed by atoms with van der Waals surface area (Å²) in [6.45, 7) is 0.598. The Morgan fingerprint density at radius 2 is 2.10 bits per heavy atom. The van der Waals surface area contributed by atoms with Gasteiger partial charge in [-0.1, -0.05) is 0 Å². The van der Waals surface area contributed by atoms with Crippen LogP contribution in [0, 0.1) is 0 Å².